The number of rotatable bonds is 7. The molecule has 1 unspecified atom stereocenters. The minimum Gasteiger partial charge on any atom is -0.464 e. The summed E-state index contributed by atoms with van der Waals surface area (Å²) in [5.41, 5.74) is 0.345. The third-order valence-electron chi connectivity index (χ3n) is 5.45. The zero-order valence-corrected chi connectivity index (χ0v) is 18.3. The predicted molar refractivity (Wildman–Crippen MR) is 121 cm³/mol. The monoisotopic (exact) mass is 450 g/mol. The molecule has 33 heavy (non-hydrogen) atoms. The van der Waals surface area contributed by atoms with Crippen molar-refractivity contribution in [1.82, 2.24) is 18.7 Å². The summed E-state index contributed by atoms with van der Waals surface area (Å²) in [6, 6.07) is 14.0. The Hall–Kier alpha value is -4.01. The lowest BCUT2D eigenvalue weighted by atomic mass is 10.1. The summed E-state index contributed by atoms with van der Waals surface area (Å²) in [6.45, 7) is 3.61. The molecule has 8 nitrogen and oxygen atoms in total. The third kappa shape index (κ3) is 4.21. The Bertz CT molecular complexity index is 1400. The van der Waals surface area contributed by atoms with Gasteiger partial charge in [-0.3, -0.25) is 9.36 Å². The molecule has 0 spiro atoms. The van der Waals surface area contributed by atoms with Gasteiger partial charge in [0, 0.05) is 6.54 Å². The van der Waals surface area contributed by atoms with Gasteiger partial charge in [-0.15, -0.1) is 0 Å². The van der Waals surface area contributed by atoms with E-state index in [4.69, 9.17) is 4.74 Å². The van der Waals surface area contributed by atoms with E-state index in [0.29, 0.717) is 12.1 Å². The molecular weight excluding hydrogens is 427 g/mol. The highest BCUT2D eigenvalue weighted by molar-refractivity contribution is 5.79. The van der Waals surface area contributed by atoms with Gasteiger partial charge in [-0.2, -0.15) is 0 Å². The third-order valence-corrected chi connectivity index (χ3v) is 5.45. The molecule has 0 saturated carbocycles. The molecule has 0 aliphatic heterocycles. The van der Waals surface area contributed by atoms with Gasteiger partial charge in [-0.05, 0) is 50.1 Å². The van der Waals surface area contributed by atoms with E-state index in [2.05, 4.69) is 4.98 Å². The average molecular weight is 450 g/mol. The number of carbonyl (C=O) groups is 1. The lowest BCUT2D eigenvalue weighted by molar-refractivity contribution is -0.146. The molecule has 170 valence electrons. The van der Waals surface area contributed by atoms with Crippen molar-refractivity contribution in [2.75, 3.05) is 6.61 Å². The topological polar surface area (TPSA) is 88.1 Å². The first kappa shape index (κ1) is 22.2. The Labute approximate surface area is 188 Å². The first-order chi connectivity index (χ1) is 15.9. The number of benzene rings is 2. The molecule has 4 aromatic rings. The number of carbonyl (C=O) groups excluding carboxylic acids is 1. The number of ether oxygens (including phenoxy) is 1. The van der Waals surface area contributed by atoms with Crippen LogP contribution >= 0.6 is 0 Å². The highest BCUT2D eigenvalue weighted by Gasteiger charge is 2.24. The van der Waals surface area contributed by atoms with Crippen molar-refractivity contribution in [2.24, 2.45) is 0 Å². The maximum Gasteiger partial charge on any atom is 0.337 e. The van der Waals surface area contributed by atoms with Crippen LogP contribution in [0.25, 0.3) is 16.9 Å². The van der Waals surface area contributed by atoms with Crippen LogP contribution in [-0.4, -0.2) is 31.3 Å². The van der Waals surface area contributed by atoms with Gasteiger partial charge in [-0.1, -0.05) is 30.3 Å². The van der Waals surface area contributed by atoms with Crippen LogP contribution < -0.4 is 11.2 Å². The molecule has 0 amide bonds. The number of esters is 1. The second kappa shape index (κ2) is 9.23. The summed E-state index contributed by atoms with van der Waals surface area (Å²) < 4.78 is 22.4. The largest absolute Gasteiger partial charge is 0.464 e. The zero-order chi connectivity index (χ0) is 23.5. The summed E-state index contributed by atoms with van der Waals surface area (Å²) in [5.74, 6) is -0.978. The number of halogens is 1. The molecule has 0 N–H and O–H groups in total. The molecular formula is C24H23FN4O4. The molecule has 2 aromatic carbocycles. The van der Waals surface area contributed by atoms with Crippen LogP contribution in [0.15, 0.2) is 70.5 Å². The van der Waals surface area contributed by atoms with Gasteiger partial charge in [0.25, 0.3) is 5.56 Å². The fourth-order valence-corrected chi connectivity index (χ4v) is 3.72. The van der Waals surface area contributed by atoms with Crippen LogP contribution in [0.3, 0.4) is 0 Å². The molecule has 2 heterocycles. The molecule has 4 rings (SSSR count). The number of aryl methyl sites for hydroxylation is 1. The Balaban J connectivity index is 1.93. The number of fused-ring (bicyclic) bond motifs is 1. The number of imidazole rings is 1. The van der Waals surface area contributed by atoms with Crippen molar-refractivity contribution in [1.29, 1.82) is 0 Å². The molecule has 1 atom stereocenters. The quantitative estimate of drug-likeness (QED) is 0.404. The number of hydrogen-bond acceptors (Lipinski definition) is 5. The zero-order valence-electron chi connectivity index (χ0n) is 18.3. The van der Waals surface area contributed by atoms with Crippen molar-refractivity contribution < 1.29 is 13.9 Å². The maximum atomic E-state index is 13.5. The van der Waals surface area contributed by atoms with Gasteiger partial charge in [0.15, 0.2) is 11.2 Å². The van der Waals surface area contributed by atoms with Gasteiger partial charge in [0.05, 0.1) is 18.6 Å². The Kier molecular flexibility index (Phi) is 6.21. The Morgan fingerprint density at radius 2 is 1.79 bits per heavy atom. The van der Waals surface area contributed by atoms with E-state index in [-0.39, 0.29) is 24.3 Å². The van der Waals surface area contributed by atoms with Crippen LogP contribution in [0.5, 0.6) is 0 Å². The van der Waals surface area contributed by atoms with Crippen LogP contribution in [0.2, 0.25) is 0 Å². The molecule has 0 aliphatic carbocycles. The Morgan fingerprint density at radius 1 is 1.09 bits per heavy atom. The number of hydrogen-bond donors (Lipinski definition) is 0. The summed E-state index contributed by atoms with van der Waals surface area (Å²) in [6.07, 6.45) is 1.79. The van der Waals surface area contributed by atoms with Crippen molar-refractivity contribution in [3.05, 3.63) is 93.1 Å². The molecule has 0 fully saturated rings. The van der Waals surface area contributed by atoms with E-state index >= 15 is 0 Å². The van der Waals surface area contributed by atoms with Gasteiger partial charge >= 0.3 is 11.7 Å². The van der Waals surface area contributed by atoms with Crippen LogP contribution in [0.1, 0.15) is 25.5 Å². The molecule has 0 radical (unpaired) electrons. The molecule has 2 aromatic heterocycles. The second-order valence-electron chi connectivity index (χ2n) is 7.54. The predicted octanol–water partition coefficient (Wildman–Crippen LogP) is 2.85. The van der Waals surface area contributed by atoms with Gasteiger partial charge in [0.1, 0.15) is 11.9 Å². The summed E-state index contributed by atoms with van der Waals surface area (Å²) in [7, 11) is 0. The lowest BCUT2D eigenvalue weighted by Gasteiger charge is -2.15. The fourth-order valence-electron chi connectivity index (χ4n) is 3.72. The number of nitrogens with zero attached hydrogens (tertiary/aromatic N) is 4. The van der Waals surface area contributed by atoms with Crippen LogP contribution in [0.4, 0.5) is 4.39 Å². The van der Waals surface area contributed by atoms with Crippen molar-refractivity contribution in [3.63, 3.8) is 0 Å². The lowest BCUT2D eigenvalue weighted by Crippen LogP contribution is -2.41. The summed E-state index contributed by atoms with van der Waals surface area (Å²) in [5, 5.41) is 0. The van der Waals surface area contributed by atoms with E-state index < -0.39 is 29.1 Å². The van der Waals surface area contributed by atoms with Gasteiger partial charge < -0.3 is 9.30 Å². The van der Waals surface area contributed by atoms with E-state index in [0.717, 1.165) is 10.1 Å². The summed E-state index contributed by atoms with van der Waals surface area (Å²) >= 11 is 0. The minimum atomic E-state index is -0.829. The van der Waals surface area contributed by atoms with E-state index in [1.54, 1.807) is 13.8 Å². The SMILES string of the molecule is CCOC(=O)C(C)n1cnc2c1c(=O)n(CCc1ccccc1)c(=O)n2-c1ccc(F)cc1. The minimum absolute atomic E-state index is 0.0868. The first-order valence-corrected chi connectivity index (χ1v) is 10.6. The standard InChI is InChI=1S/C24H23FN4O4/c1-3-33-23(31)16(2)28-15-26-21-20(28)22(30)27(14-13-17-7-5-4-6-8-17)24(32)29(21)19-11-9-18(25)10-12-19/h4-12,15-16H,3,13-14H2,1-2H3. The maximum absolute atomic E-state index is 13.5. The van der Waals surface area contributed by atoms with Crippen LogP contribution in [-0.2, 0) is 22.5 Å². The molecule has 0 bridgehead atoms. The number of aromatic nitrogens is 4. The van der Waals surface area contributed by atoms with Crippen molar-refractivity contribution in [2.45, 2.75) is 32.9 Å². The van der Waals surface area contributed by atoms with E-state index in [1.807, 2.05) is 30.3 Å². The highest BCUT2D eigenvalue weighted by Crippen LogP contribution is 2.18. The van der Waals surface area contributed by atoms with Gasteiger partial charge in [-0.25, -0.2) is 23.5 Å². The van der Waals surface area contributed by atoms with Crippen LogP contribution in [0, 0.1) is 5.82 Å². The molecule has 0 saturated heterocycles. The summed E-state index contributed by atoms with van der Waals surface area (Å²) in [4.78, 5) is 43.5. The van der Waals surface area contributed by atoms with Crippen molar-refractivity contribution in [3.8, 4) is 5.69 Å². The smallest absolute Gasteiger partial charge is 0.337 e. The van der Waals surface area contributed by atoms with E-state index in [9.17, 15) is 18.8 Å². The normalized spacial score (nSPS) is 12.1. The van der Waals surface area contributed by atoms with E-state index in [1.165, 1.54) is 39.7 Å². The second-order valence-corrected chi connectivity index (χ2v) is 7.54. The fraction of sp³-hybridized carbons (Fsp3) is 0.250. The van der Waals surface area contributed by atoms with Gasteiger partial charge in [0.2, 0.25) is 0 Å². The average Bonchev–Trinajstić information content (AvgIpc) is 3.25. The first-order valence-electron chi connectivity index (χ1n) is 10.6. The Morgan fingerprint density at radius 3 is 2.45 bits per heavy atom. The highest BCUT2D eigenvalue weighted by atomic mass is 19.1. The molecule has 0 aliphatic rings. The molecule has 9 heteroatoms. The van der Waals surface area contributed by atoms with Crippen molar-refractivity contribution >= 4 is 17.1 Å².